The van der Waals surface area contributed by atoms with E-state index in [0.717, 1.165) is 18.7 Å². The number of cyclic esters (lactones) is 1. The zero-order valence-corrected chi connectivity index (χ0v) is 11.0. The number of nitrogens with one attached hydrogen (secondary N) is 1. The molecule has 1 saturated heterocycles. The number of hydrogen-bond donors (Lipinski definition) is 1. The lowest BCUT2D eigenvalue weighted by molar-refractivity contribution is 0.181. The summed E-state index contributed by atoms with van der Waals surface area (Å²) in [5.74, 6) is 0. The van der Waals surface area contributed by atoms with E-state index in [0.29, 0.717) is 19.2 Å². The van der Waals surface area contributed by atoms with Gasteiger partial charge in [0.25, 0.3) is 0 Å². The van der Waals surface area contributed by atoms with Gasteiger partial charge in [0.15, 0.2) is 0 Å². The van der Waals surface area contributed by atoms with E-state index in [2.05, 4.69) is 31.3 Å². The minimum absolute atomic E-state index is 0.249. The molecule has 1 amide bonds. The first-order valence-corrected chi connectivity index (χ1v) is 6.50. The van der Waals surface area contributed by atoms with Crippen molar-refractivity contribution >= 4 is 11.8 Å². The Labute approximate surface area is 108 Å². The highest BCUT2D eigenvalue weighted by atomic mass is 16.6. The second-order valence-electron chi connectivity index (χ2n) is 4.54. The van der Waals surface area contributed by atoms with Gasteiger partial charge >= 0.3 is 6.09 Å². The Bertz CT molecular complexity index is 420. The van der Waals surface area contributed by atoms with Crippen LogP contribution < -0.4 is 10.2 Å². The average molecular weight is 248 g/mol. The maximum absolute atomic E-state index is 11.5. The first-order valence-electron chi connectivity index (χ1n) is 6.50. The third-order valence-corrected chi connectivity index (χ3v) is 3.14. The lowest BCUT2D eigenvalue weighted by Crippen LogP contribution is -2.24. The smallest absolute Gasteiger partial charge is 0.414 e. The van der Waals surface area contributed by atoms with Crippen molar-refractivity contribution in [1.29, 1.82) is 0 Å². The average Bonchev–Trinajstić information content (AvgIpc) is 2.82. The van der Waals surface area contributed by atoms with Crippen LogP contribution in [0.4, 0.5) is 10.5 Å². The van der Waals surface area contributed by atoms with E-state index in [1.165, 1.54) is 5.56 Å². The SMILES string of the molecule is CCCNC(C)c1cccc(N2CCOC2=O)c1. The van der Waals surface area contributed by atoms with Gasteiger partial charge in [0.2, 0.25) is 0 Å². The Morgan fingerprint density at radius 1 is 1.50 bits per heavy atom. The van der Waals surface area contributed by atoms with Crippen molar-refractivity contribution in [2.75, 3.05) is 24.6 Å². The third-order valence-electron chi connectivity index (χ3n) is 3.14. The summed E-state index contributed by atoms with van der Waals surface area (Å²) < 4.78 is 4.96. The molecule has 2 rings (SSSR count). The molecule has 1 aliphatic rings. The third kappa shape index (κ3) is 2.82. The fraction of sp³-hybridized carbons (Fsp3) is 0.500. The minimum Gasteiger partial charge on any atom is -0.447 e. The number of hydrogen-bond acceptors (Lipinski definition) is 3. The van der Waals surface area contributed by atoms with Gasteiger partial charge in [0, 0.05) is 11.7 Å². The molecule has 0 aliphatic carbocycles. The molecule has 1 unspecified atom stereocenters. The maximum atomic E-state index is 11.5. The largest absolute Gasteiger partial charge is 0.447 e. The first-order chi connectivity index (χ1) is 8.72. The fourth-order valence-corrected chi connectivity index (χ4v) is 2.07. The van der Waals surface area contributed by atoms with Crippen molar-refractivity contribution in [2.45, 2.75) is 26.3 Å². The number of benzene rings is 1. The molecule has 0 aromatic heterocycles. The summed E-state index contributed by atoms with van der Waals surface area (Å²) in [6.07, 6.45) is 0.865. The molecule has 1 atom stereocenters. The quantitative estimate of drug-likeness (QED) is 0.871. The Morgan fingerprint density at radius 2 is 2.33 bits per heavy atom. The van der Waals surface area contributed by atoms with E-state index >= 15 is 0 Å². The van der Waals surface area contributed by atoms with Gasteiger partial charge in [0.1, 0.15) is 6.61 Å². The normalized spacial score (nSPS) is 16.8. The van der Waals surface area contributed by atoms with Crippen LogP contribution in [0.5, 0.6) is 0 Å². The molecule has 0 radical (unpaired) electrons. The van der Waals surface area contributed by atoms with E-state index in [9.17, 15) is 4.79 Å². The topological polar surface area (TPSA) is 41.6 Å². The van der Waals surface area contributed by atoms with E-state index < -0.39 is 0 Å². The summed E-state index contributed by atoms with van der Waals surface area (Å²) in [6.45, 7) is 6.40. The van der Waals surface area contributed by atoms with E-state index in [1.54, 1.807) is 4.90 Å². The Balaban J connectivity index is 2.11. The highest BCUT2D eigenvalue weighted by molar-refractivity contribution is 5.89. The number of amides is 1. The molecule has 4 nitrogen and oxygen atoms in total. The molecule has 1 aromatic rings. The summed E-state index contributed by atoms with van der Waals surface area (Å²) in [5.41, 5.74) is 2.11. The molecule has 1 aliphatic heterocycles. The van der Waals surface area contributed by atoms with Gasteiger partial charge in [0.05, 0.1) is 6.54 Å². The molecule has 4 heteroatoms. The summed E-state index contributed by atoms with van der Waals surface area (Å²) in [4.78, 5) is 13.2. The Morgan fingerprint density at radius 3 is 3.00 bits per heavy atom. The fourth-order valence-electron chi connectivity index (χ4n) is 2.07. The van der Waals surface area contributed by atoms with Crippen molar-refractivity contribution in [1.82, 2.24) is 5.32 Å². The molecule has 0 saturated carbocycles. The van der Waals surface area contributed by atoms with Crippen molar-refractivity contribution in [3.63, 3.8) is 0 Å². The van der Waals surface area contributed by atoms with E-state index in [1.807, 2.05) is 12.1 Å². The maximum Gasteiger partial charge on any atom is 0.414 e. The molecular weight excluding hydrogens is 228 g/mol. The summed E-state index contributed by atoms with van der Waals surface area (Å²) in [6, 6.07) is 8.37. The highest BCUT2D eigenvalue weighted by Crippen LogP contribution is 2.23. The predicted molar refractivity (Wildman–Crippen MR) is 71.8 cm³/mol. The second kappa shape index (κ2) is 5.87. The summed E-state index contributed by atoms with van der Waals surface area (Å²) >= 11 is 0. The molecule has 1 heterocycles. The van der Waals surface area contributed by atoms with Crippen LogP contribution in [0, 0.1) is 0 Å². The van der Waals surface area contributed by atoms with Crippen LogP contribution in [0.2, 0.25) is 0 Å². The van der Waals surface area contributed by atoms with Crippen molar-refractivity contribution in [2.24, 2.45) is 0 Å². The monoisotopic (exact) mass is 248 g/mol. The molecule has 1 N–H and O–H groups in total. The summed E-state index contributed by atoms with van der Waals surface area (Å²) in [5, 5.41) is 3.44. The number of nitrogens with zero attached hydrogens (tertiary/aromatic N) is 1. The molecule has 1 fully saturated rings. The number of rotatable bonds is 5. The molecule has 98 valence electrons. The van der Waals surface area contributed by atoms with Crippen molar-refractivity contribution < 1.29 is 9.53 Å². The van der Waals surface area contributed by atoms with Crippen LogP contribution in [-0.4, -0.2) is 25.8 Å². The van der Waals surface area contributed by atoms with Gasteiger partial charge in [-0.25, -0.2) is 4.79 Å². The van der Waals surface area contributed by atoms with Crippen LogP contribution in [-0.2, 0) is 4.74 Å². The molecule has 1 aromatic carbocycles. The lowest BCUT2D eigenvalue weighted by Gasteiger charge is -2.17. The molecule has 18 heavy (non-hydrogen) atoms. The van der Waals surface area contributed by atoms with Gasteiger partial charge in [-0.1, -0.05) is 19.1 Å². The number of carbonyl (C=O) groups excluding carboxylic acids is 1. The van der Waals surface area contributed by atoms with Crippen LogP contribution in [0.3, 0.4) is 0 Å². The van der Waals surface area contributed by atoms with Crippen LogP contribution in [0.15, 0.2) is 24.3 Å². The van der Waals surface area contributed by atoms with Gasteiger partial charge in [-0.05, 0) is 37.6 Å². The van der Waals surface area contributed by atoms with Gasteiger partial charge in [-0.2, -0.15) is 0 Å². The highest BCUT2D eigenvalue weighted by Gasteiger charge is 2.23. The zero-order valence-electron chi connectivity index (χ0n) is 11.0. The van der Waals surface area contributed by atoms with Crippen LogP contribution in [0.25, 0.3) is 0 Å². The van der Waals surface area contributed by atoms with E-state index in [4.69, 9.17) is 4.74 Å². The standard InChI is InChI=1S/C14H20N2O2/c1-3-7-15-11(2)12-5-4-6-13(10-12)16-8-9-18-14(16)17/h4-6,10-11,15H,3,7-9H2,1-2H3. The van der Waals surface area contributed by atoms with Gasteiger partial charge < -0.3 is 10.1 Å². The predicted octanol–water partition coefficient (Wildman–Crippen LogP) is 2.70. The molecule has 0 spiro atoms. The summed E-state index contributed by atoms with van der Waals surface area (Å²) in [7, 11) is 0. The molecular formula is C14H20N2O2. The first kappa shape index (κ1) is 12.9. The Hall–Kier alpha value is -1.55. The zero-order chi connectivity index (χ0) is 13.0. The Kier molecular flexibility index (Phi) is 4.20. The minimum atomic E-state index is -0.249. The van der Waals surface area contributed by atoms with Crippen molar-refractivity contribution in [3.05, 3.63) is 29.8 Å². The number of carbonyl (C=O) groups is 1. The van der Waals surface area contributed by atoms with Crippen LogP contribution in [0.1, 0.15) is 31.9 Å². The van der Waals surface area contributed by atoms with Gasteiger partial charge in [-0.3, -0.25) is 4.90 Å². The lowest BCUT2D eigenvalue weighted by atomic mass is 10.1. The van der Waals surface area contributed by atoms with E-state index in [-0.39, 0.29) is 6.09 Å². The van der Waals surface area contributed by atoms with Gasteiger partial charge in [-0.15, -0.1) is 0 Å². The molecule has 0 bridgehead atoms. The van der Waals surface area contributed by atoms with Crippen molar-refractivity contribution in [3.8, 4) is 0 Å². The van der Waals surface area contributed by atoms with Crippen LogP contribution >= 0.6 is 0 Å². The number of ether oxygens (including phenoxy) is 1. The number of anilines is 1. The second-order valence-corrected chi connectivity index (χ2v) is 4.54.